The van der Waals surface area contributed by atoms with Crippen LogP contribution in [0.2, 0.25) is 0 Å². The number of carboxylic acids is 1. The van der Waals surface area contributed by atoms with E-state index in [1.807, 2.05) is 0 Å². The molecular formula is C12H11N3O4. The average Bonchev–Trinajstić information content (AvgIpc) is 2.87. The highest BCUT2D eigenvalue weighted by molar-refractivity contribution is 5.87. The van der Waals surface area contributed by atoms with E-state index in [9.17, 15) is 9.59 Å². The number of aromatic carboxylic acids is 1. The van der Waals surface area contributed by atoms with E-state index in [4.69, 9.17) is 5.11 Å². The molecule has 0 saturated heterocycles. The van der Waals surface area contributed by atoms with Gasteiger partial charge in [-0.1, -0.05) is 17.3 Å². The Morgan fingerprint density at radius 1 is 1.32 bits per heavy atom. The van der Waals surface area contributed by atoms with Gasteiger partial charge in [0.2, 0.25) is 0 Å². The lowest BCUT2D eigenvalue weighted by Gasteiger charge is -2.01. The summed E-state index contributed by atoms with van der Waals surface area (Å²) in [6, 6.07) is 6.39. The molecule has 2 aromatic rings. The maximum atomic E-state index is 11.2. The fourth-order valence-corrected chi connectivity index (χ4v) is 1.51. The predicted octanol–water partition coefficient (Wildman–Crippen LogP) is 0.811. The molecule has 2 rings (SSSR count). The minimum Gasteiger partial charge on any atom is -0.478 e. The van der Waals surface area contributed by atoms with Gasteiger partial charge in [0.05, 0.1) is 25.4 Å². The smallest absolute Gasteiger partial charge is 0.360 e. The summed E-state index contributed by atoms with van der Waals surface area (Å²) in [6.45, 7) is 0.393. The number of hydrogen-bond donors (Lipinski definition) is 1. The number of esters is 1. The Bertz CT molecular complexity index is 604. The van der Waals surface area contributed by atoms with Gasteiger partial charge in [0.1, 0.15) is 0 Å². The molecule has 0 saturated carbocycles. The fourth-order valence-electron chi connectivity index (χ4n) is 1.51. The van der Waals surface area contributed by atoms with Crippen molar-refractivity contribution in [2.45, 2.75) is 6.54 Å². The van der Waals surface area contributed by atoms with Crippen molar-refractivity contribution in [3.8, 4) is 0 Å². The van der Waals surface area contributed by atoms with E-state index in [0.717, 1.165) is 5.56 Å². The maximum absolute atomic E-state index is 11.2. The average molecular weight is 261 g/mol. The minimum atomic E-state index is -0.972. The second kappa shape index (κ2) is 5.30. The highest BCUT2D eigenvalue weighted by atomic mass is 16.5. The number of methoxy groups -OCH3 is 1. The van der Waals surface area contributed by atoms with Gasteiger partial charge in [-0.15, -0.1) is 5.10 Å². The molecule has 1 N–H and O–H groups in total. The first-order valence-corrected chi connectivity index (χ1v) is 5.41. The number of hydrogen-bond acceptors (Lipinski definition) is 5. The number of carbonyl (C=O) groups excluding carboxylic acids is 1. The third kappa shape index (κ3) is 2.95. The van der Waals surface area contributed by atoms with Crippen LogP contribution in [0.15, 0.2) is 30.5 Å². The summed E-state index contributed by atoms with van der Waals surface area (Å²) in [5.74, 6) is -1.52. The number of aromatic nitrogens is 3. The number of ether oxygens (including phenoxy) is 1. The number of rotatable bonds is 4. The zero-order chi connectivity index (χ0) is 13.8. The van der Waals surface area contributed by atoms with Crippen LogP contribution < -0.4 is 0 Å². The molecule has 0 aliphatic carbocycles. The van der Waals surface area contributed by atoms with E-state index in [0.29, 0.717) is 6.54 Å². The summed E-state index contributed by atoms with van der Waals surface area (Å²) in [5, 5.41) is 16.2. The quantitative estimate of drug-likeness (QED) is 0.818. The number of carbonyl (C=O) groups is 2. The van der Waals surface area contributed by atoms with Crippen LogP contribution in [-0.2, 0) is 11.3 Å². The Kier molecular flexibility index (Phi) is 3.56. The molecule has 7 heteroatoms. The zero-order valence-electron chi connectivity index (χ0n) is 10.1. The lowest BCUT2D eigenvalue weighted by Crippen LogP contribution is -2.02. The predicted molar refractivity (Wildman–Crippen MR) is 63.9 cm³/mol. The van der Waals surface area contributed by atoms with Gasteiger partial charge in [0, 0.05) is 0 Å². The van der Waals surface area contributed by atoms with Crippen molar-refractivity contribution in [1.29, 1.82) is 0 Å². The second-order valence-corrected chi connectivity index (χ2v) is 3.80. The second-order valence-electron chi connectivity index (χ2n) is 3.80. The van der Waals surface area contributed by atoms with Crippen molar-refractivity contribution in [1.82, 2.24) is 15.0 Å². The Hall–Kier alpha value is -2.70. The zero-order valence-corrected chi connectivity index (χ0v) is 10.1. The highest BCUT2D eigenvalue weighted by Gasteiger charge is 2.10. The molecule has 0 unspecified atom stereocenters. The summed E-state index contributed by atoms with van der Waals surface area (Å²) in [6.07, 6.45) is 1.47. The van der Waals surface area contributed by atoms with Crippen molar-refractivity contribution < 1.29 is 19.4 Å². The van der Waals surface area contributed by atoms with Crippen molar-refractivity contribution >= 4 is 11.9 Å². The van der Waals surface area contributed by atoms with E-state index in [-0.39, 0.29) is 11.3 Å². The fraction of sp³-hybridized carbons (Fsp3) is 0.167. The largest absolute Gasteiger partial charge is 0.478 e. The van der Waals surface area contributed by atoms with Crippen LogP contribution in [0.1, 0.15) is 26.4 Å². The molecule has 1 aromatic heterocycles. The molecule has 1 heterocycles. The van der Waals surface area contributed by atoms with E-state index in [2.05, 4.69) is 15.0 Å². The van der Waals surface area contributed by atoms with E-state index in [1.54, 1.807) is 12.1 Å². The SMILES string of the molecule is COC(=O)c1cn(Cc2ccc(C(=O)O)cc2)nn1. The molecule has 98 valence electrons. The first-order valence-electron chi connectivity index (χ1n) is 5.41. The molecular weight excluding hydrogens is 250 g/mol. The molecule has 1 aromatic carbocycles. The van der Waals surface area contributed by atoms with Crippen molar-refractivity contribution in [3.05, 3.63) is 47.3 Å². The van der Waals surface area contributed by atoms with Crippen LogP contribution in [0.5, 0.6) is 0 Å². The van der Waals surface area contributed by atoms with Crippen LogP contribution >= 0.6 is 0 Å². The number of nitrogens with zero attached hydrogens (tertiary/aromatic N) is 3. The molecule has 0 aliphatic heterocycles. The van der Waals surface area contributed by atoms with E-state index < -0.39 is 11.9 Å². The molecule has 0 fully saturated rings. The molecule has 0 bridgehead atoms. The molecule has 19 heavy (non-hydrogen) atoms. The van der Waals surface area contributed by atoms with Crippen LogP contribution in [0, 0.1) is 0 Å². The van der Waals surface area contributed by atoms with Gasteiger partial charge in [-0.25, -0.2) is 14.3 Å². The third-order valence-corrected chi connectivity index (χ3v) is 2.48. The van der Waals surface area contributed by atoms with Crippen molar-refractivity contribution in [2.75, 3.05) is 7.11 Å². The van der Waals surface area contributed by atoms with Crippen LogP contribution in [-0.4, -0.2) is 39.1 Å². The Balaban J connectivity index is 2.10. The van der Waals surface area contributed by atoms with Gasteiger partial charge in [0.25, 0.3) is 0 Å². The lowest BCUT2D eigenvalue weighted by molar-refractivity contribution is 0.0593. The Labute approximate surface area is 108 Å². The minimum absolute atomic E-state index is 0.129. The molecule has 0 aliphatic rings. The first-order chi connectivity index (χ1) is 9.10. The monoisotopic (exact) mass is 261 g/mol. The van der Waals surface area contributed by atoms with Crippen molar-refractivity contribution in [2.24, 2.45) is 0 Å². The van der Waals surface area contributed by atoms with Gasteiger partial charge in [-0.2, -0.15) is 0 Å². The molecule has 0 spiro atoms. The van der Waals surface area contributed by atoms with Crippen LogP contribution in [0.3, 0.4) is 0 Å². The number of carboxylic acid groups (broad SMARTS) is 1. The summed E-state index contributed by atoms with van der Waals surface area (Å²) in [7, 11) is 1.27. The van der Waals surface area contributed by atoms with E-state index in [1.165, 1.54) is 30.1 Å². The van der Waals surface area contributed by atoms with Gasteiger partial charge in [0.15, 0.2) is 5.69 Å². The maximum Gasteiger partial charge on any atom is 0.360 e. The topological polar surface area (TPSA) is 94.3 Å². The highest BCUT2D eigenvalue weighted by Crippen LogP contribution is 2.06. The Morgan fingerprint density at radius 2 is 2.00 bits per heavy atom. The van der Waals surface area contributed by atoms with Gasteiger partial charge < -0.3 is 9.84 Å². The lowest BCUT2D eigenvalue weighted by atomic mass is 10.1. The molecule has 7 nitrogen and oxygen atoms in total. The van der Waals surface area contributed by atoms with Crippen LogP contribution in [0.4, 0.5) is 0 Å². The van der Waals surface area contributed by atoms with E-state index >= 15 is 0 Å². The summed E-state index contributed by atoms with van der Waals surface area (Å²) >= 11 is 0. The normalized spacial score (nSPS) is 10.2. The molecule has 0 radical (unpaired) electrons. The summed E-state index contributed by atoms with van der Waals surface area (Å²) in [5.41, 5.74) is 1.20. The molecule has 0 amide bonds. The summed E-state index contributed by atoms with van der Waals surface area (Å²) in [4.78, 5) is 21.9. The van der Waals surface area contributed by atoms with Crippen molar-refractivity contribution in [3.63, 3.8) is 0 Å². The first kappa shape index (κ1) is 12.7. The van der Waals surface area contributed by atoms with Gasteiger partial charge in [-0.3, -0.25) is 0 Å². The third-order valence-electron chi connectivity index (χ3n) is 2.48. The summed E-state index contributed by atoms with van der Waals surface area (Å²) < 4.78 is 6.00. The van der Waals surface area contributed by atoms with Gasteiger partial charge in [-0.05, 0) is 17.7 Å². The molecule has 0 atom stereocenters. The van der Waals surface area contributed by atoms with Gasteiger partial charge >= 0.3 is 11.9 Å². The number of benzene rings is 1. The standard InChI is InChI=1S/C12H11N3O4/c1-19-12(18)10-7-15(14-13-10)6-8-2-4-9(5-3-8)11(16)17/h2-5,7H,6H2,1H3,(H,16,17). The Morgan fingerprint density at radius 3 is 2.58 bits per heavy atom. The van der Waals surface area contributed by atoms with Crippen LogP contribution in [0.25, 0.3) is 0 Å².